The number of carbonyl (C=O) groups excluding carboxylic acids is 1. The van der Waals surface area contributed by atoms with E-state index in [4.69, 9.17) is 0 Å². The molecule has 0 radical (unpaired) electrons. The second-order valence-electron chi connectivity index (χ2n) is 5.31. The Morgan fingerprint density at radius 1 is 1.22 bits per heavy atom. The lowest BCUT2D eigenvalue weighted by Crippen LogP contribution is -2.44. The van der Waals surface area contributed by atoms with Crippen LogP contribution in [-0.2, 0) is 4.79 Å². The highest BCUT2D eigenvalue weighted by molar-refractivity contribution is 5.85. The van der Waals surface area contributed by atoms with Gasteiger partial charge in [-0.25, -0.2) is 0 Å². The molecule has 0 aliphatic carbocycles. The van der Waals surface area contributed by atoms with Crippen LogP contribution < -0.4 is 10.2 Å². The molecule has 1 aromatic heterocycles. The van der Waals surface area contributed by atoms with Gasteiger partial charge in [-0.1, -0.05) is 0 Å². The van der Waals surface area contributed by atoms with Crippen molar-refractivity contribution in [2.75, 3.05) is 24.5 Å². The van der Waals surface area contributed by atoms with Crippen molar-refractivity contribution in [1.29, 1.82) is 0 Å². The Labute approximate surface area is 107 Å². The second kappa shape index (κ2) is 4.23. The minimum atomic E-state index is -0.103. The zero-order valence-electron chi connectivity index (χ0n) is 10.6. The summed E-state index contributed by atoms with van der Waals surface area (Å²) in [6.07, 6.45) is 2.84. The molecule has 18 heavy (non-hydrogen) atoms. The largest absolute Gasteiger partial charge is 0.356 e. The molecule has 2 fully saturated rings. The number of anilines is 1. The molecule has 2 aliphatic heterocycles. The summed E-state index contributed by atoms with van der Waals surface area (Å²) in [6.45, 7) is 4.56. The lowest BCUT2D eigenvalue weighted by Gasteiger charge is -2.37. The molecular weight excluding hydrogens is 228 g/mol. The van der Waals surface area contributed by atoms with Crippen LogP contribution >= 0.6 is 0 Å². The Bertz CT molecular complexity index is 449. The maximum absolute atomic E-state index is 11.9. The predicted molar refractivity (Wildman–Crippen MR) is 68.3 cm³/mol. The summed E-state index contributed by atoms with van der Waals surface area (Å²) in [4.78, 5) is 14.1. The molecule has 1 amide bonds. The number of nitrogens with zero attached hydrogens (tertiary/aromatic N) is 3. The van der Waals surface area contributed by atoms with Crippen molar-refractivity contribution in [3.8, 4) is 0 Å². The summed E-state index contributed by atoms with van der Waals surface area (Å²) >= 11 is 0. The van der Waals surface area contributed by atoms with E-state index < -0.39 is 0 Å². The quantitative estimate of drug-likeness (QED) is 0.799. The zero-order chi connectivity index (χ0) is 12.6. The molecule has 5 heteroatoms. The van der Waals surface area contributed by atoms with Crippen LogP contribution in [0.3, 0.4) is 0 Å². The Morgan fingerprint density at radius 3 is 2.56 bits per heavy atom. The Kier molecular flexibility index (Phi) is 2.69. The van der Waals surface area contributed by atoms with E-state index in [-0.39, 0.29) is 11.3 Å². The molecule has 1 N–H and O–H groups in total. The van der Waals surface area contributed by atoms with Gasteiger partial charge in [-0.05, 0) is 38.3 Å². The number of hydrogen-bond acceptors (Lipinski definition) is 4. The number of carbonyl (C=O) groups is 1. The summed E-state index contributed by atoms with van der Waals surface area (Å²) in [5, 5.41) is 11.3. The van der Waals surface area contributed by atoms with Gasteiger partial charge in [0.05, 0.1) is 11.1 Å². The molecule has 5 nitrogen and oxygen atoms in total. The first-order valence-electron chi connectivity index (χ1n) is 6.53. The summed E-state index contributed by atoms with van der Waals surface area (Å²) in [7, 11) is 0. The first-order chi connectivity index (χ1) is 8.70. The fourth-order valence-corrected chi connectivity index (χ4v) is 2.92. The highest BCUT2D eigenvalue weighted by atomic mass is 16.2. The third-order valence-electron chi connectivity index (χ3n) is 4.20. The van der Waals surface area contributed by atoms with Crippen LogP contribution in [0, 0.1) is 12.3 Å². The van der Waals surface area contributed by atoms with E-state index in [1.165, 1.54) is 0 Å². The van der Waals surface area contributed by atoms with Crippen LogP contribution in [-0.4, -0.2) is 35.7 Å². The van der Waals surface area contributed by atoms with Gasteiger partial charge in [0.1, 0.15) is 0 Å². The third kappa shape index (κ3) is 1.83. The van der Waals surface area contributed by atoms with Crippen molar-refractivity contribution < 1.29 is 4.79 Å². The smallest absolute Gasteiger partial charge is 0.226 e. The fraction of sp³-hybridized carbons (Fsp3) is 0.615. The molecule has 3 heterocycles. The normalized spacial score (nSPS) is 22.3. The van der Waals surface area contributed by atoms with Gasteiger partial charge in [0.25, 0.3) is 0 Å². The lowest BCUT2D eigenvalue weighted by molar-refractivity contribution is -0.128. The highest BCUT2D eigenvalue weighted by Crippen LogP contribution is 2.38. The summed E-state index contributed by atoms with van der Waals surface area (Å²) in [5.41, 5.74) is 0.830. The number of nitrogens with one attached hydrogen (secondary N) is 1. The number of rotatable bonds is 1. The van der Waals surface area contributed by atoms with E-state index in [9.17, 15) is 4.79 Å². The van der Waals surface area contributed by atoms with Crippen LogP contribution in [0.15, 0.2) is 12.1 Å². The molecule has 2 aliphatic rings. The number of piperidine rings is 1. The molecule has 0 aromatic carbocycles. The van der Waals surface area contributed by atoms with Crippen LogP contribution in [0.25, 0.3) is 0 Å². The topological polar surface area (TPSA) is 58.1 Å². The van der Waals surface area contributed by atoms with Gasteiger partial charge >= 0.3 is 0 Å². The Morgan fingerprint density at radius 2 is 2.00 bits per heavy atom. The number of aromatic nitrogens is 2. The molecule has 0 saturated carbocycles. The number of aryl methyl sites for hydroxylation is 1. The van der Waals surface area contributed by atoms with Crippen LogP contribution in [0.4, 0.5) is 5.82 Å². The van der Waals surface area contributed by atoms with Gasteiger partial charge in [0.2, 0.25) is 5.91 Å². The second-order valence-corrected chi connectivity index (χ2v) is 5.31. The molecule has 0 unspecified atom stereocenters. The lowest BCUT2D eigenvalue weighted by atomic mass is 9.77. The Balaban J connectivity index is 1.70. The summed E-state index contributed by atoms with van der Waals surface area (Å²) < 4.78 is 0. The molecule has 3 rings (SSSR count). The van der Waals surface area contributed by atoms with Gasteiger partial charge in [0, 0.05) is 19.6 Å². The minimum Gasteiger partial charge on any atom is -0.356 e. The van der Waals surface area contributed by atoms with Crippen molar-refractivity contribution in [2.24, 2.45) is 5.41 Å². The number of hydrogen-bond donors (Lipinski definition) is 1. The maximum Gasteiger partial charge on any atom is 0.226 e. The monoisotopic (exact) mass is 246 g/mol. The maximum atomic E-state index is 11.9. The SMILES string of the molecule is Cc1ccc(N2CCC3(CCNC3=O)CC2)nn1. The molecule has 96 valence electrons. The van der Waals surface area contributed by atoms with E-state index in [1.54, 1.807) is 0 Å². The summed E-state index contributed by atoms with van der Waals surface area (Å²) in [6, 6.07) is 3.99. The molecule has 1 spiro atoms. The third-order valence-corrected chi connectivity index (χ3v) is 4.20. The molecular formula is C13H18N4O. The standard InChI is InChI=1S/C13H18N4O/c1-10-2-3-11(16-15-10)17-8-5-13(6-9-17)4-7-14-12(13)18/h2-3H,4-9H2,1H3,(H,14,18). The van der Waals surface area contributed by atoms with E-state index >= 15 is 0 Å². The van der Waals surface area contributed by atoms with E-state index in [0.717, 1.165) is 50.4 Å². The molecule has 1 aromatic rings. The average Bonchev–Trinajstić information content (AvgIpc) is 2.73. The van der Waals surface area contributed by atoms with E-state index in [0.29, 0.717) is 0 Å². The van der Waals surface area contributed by atoms with E-state index in [1.807, 2.05) is 19.1 Å². The molecule has 0 atom stereocenters. The predicted octanol–water partition coefficient (Wildman–Crippen LogP) is 0.892. The minimum absolute atomic E-state index is 0.103. The number of amides is 1. The highest BCUT2D eigenvalue weighted by Gasteiger charge is 2.44. The average molecular weight is 246 g/mol. The van der Waals surface area contributed by atoms with Crippen LogP contribution in [0.2, 0.25) is 0 Å². The molecule has 2 saturated heterocycles. The Hall–Kier alpha value is -1.65. The van der Waals surface area contributed by atoms with E-state index in [2.05, 4.69) is 20.4 Å². The van der Waals surface area contributed by atoms with Crippen molar-refractivity contribution in [1.82, 2.24) is 15.5 Å². The van der Waals surface area contributed by atoms with Gasteiger partial charge in [-0.2, -0.15) is 5.10 Å². The van der Waals surface area contributed by atoms with Crippen LogP contribution in [0.5, 0.6) is 0 Å². The van der Waals surface area contributed by atoms with Crippen molar-refractivity contribution in [3.63, 3.8) is 0 Å². The molecule has 0 bridgehead atoms. The summed E-state index contributed by atoms with van der Waals surface area (Å²) in [5.74, 6) is 1.17. The van der Waals surface area contributed by atoms with Crippen molar-refractivity contribution in [3.05, 3.63) is 17.8 Å². The van der Waals surface area contributed by atoms with Gasteiger partial charge in [-0.15, -0.1) is 5.10 Å². The van der Waals surface area contributed by atoms with Gasteiger partial charge < -0.3 is 10.2 Å². The zero-order valence-corrected chi connectivity index (χ0v) is 10.6. The van der Waals surface area contributed by atoms with Crippen molar-refractivity contribution >= 4 is 11.7 Å². The first kappa shape index (κ1) is 11.4. The van der Waals surface area contributed by atoms with Gasteiger partial charge in [-0.3, -0.25) is 4.79 Å². The first-order valence-corrected chi connectivity index (χ1v) is 6.53. The fourth-order valence-electron chi connectivity index (χ4n) is 2.92. The van der Waals surface area contributed by atoms with Gasteiger partial charge in [0.15, 0.2) is 5.82 Å². The van der Waals surface area contributed by atoms with Crippen LogP contribution in [0.1, 0.15) is 25.0 Å². The van der Waals surface area contributed by atoms with Crippen molar-refractivity contribution in [2.45, 2.75) is 26.2 Å².